The zero-order valence-electron chi connectivity index (χ0n) is 14.0. The Morgan fingerprint density at radius 1 is 1.35 bits per heavy atom. The second-order valence-corrected chi connectivity index (χ2v) is 7.99. The van der Waals surface area contributed by atoms with Crippen molar-refractivity contribution in [3.8, 4) is 17.0 Å². The Labute approximate surface area is 163 Å². The first kappa shape index (κ1) is 17.6. The smallest absolute Gasteiger partial charge is 0.350 e. The lowest BCUT2D eigenvalue weighted by Crippen LogP contribution is -2.43. The molecule has 0 fully saturated rings. The predicted octanol–water partition coefficient (Wildman–Crippen LogP) is 3.80. The fourth-order valence-corrected chi connectivity index (χ4v) is 5.21. The van der Waals surface area contributed by atoms with Crippen molar-refractivity contribution in [3.05, 3.63) is 58.5 Å². The Hall–Kier alpha value is -1.83. The van der Waals surface area contributed by atoms with E-state index >= 15 is 0 Å². The molecule has 1 aliphatic heterocycles. The van der Waals surface area contributed by atoms with Gasteiger partial charge in [0.25, 0.3) is 5.88 Å². The number of benzene rings is 1. The minimum Gasteiger partial charge on any atom is -0.477 e. The number of H-pyrrole nitrogens is 1. The molecule has 0 saturated carbocycles. The number of nitrogens with one attached hydrogen (secondary N) is 1. The molecule has 0 saturated heterocycles. The van der Waals surface area contributed by atoms with Gasteiger partial charge in [0.15, 0.2) is 11.6 Å². The minimum absolute atomic E-state index is 0.0200. The largest absolute Gasteiger partial charge is 0.477 e. The van der Waals surface area contributed by atoms with Crippen LogP contribution < -0.4 is 10.1 Å². The number of aromatic amines is 1. The molecule has 4 rings (SSSR count). The highest BCUT2D eigenvalue weighted by molar-refractivity contribution is 8.21. The van der Waals surface area contributed by atoms with E-state index in [1.165, 1.54) is 0 Å². The van der Waals surface area contributed by atoms with Crippen LogP contribution in [0, 0.1) is 0 Å². The predicted molar refractivity (Wildman–Crippen MR) is 105 cm³/mol. The molecule has 1 aliphatic rings. The van der Waals surface area contributed by atoms with E-state index in [0.29, 0.717) is 17.7 Å². The van der Waals surface area contributed by atoms with Crippen LogP contribution in [0.5, 0.6) is 5.88 Å². The molecule has 2 N–H and O–H groups in total. The number of hydrogen-bond acceptors (Lipinski definition) is 4. The van der Waals surface area contributed by atoms with Crippen molar-refractivity contribution in [2.75, 3.05) is 5.75 Å². The van der Waals surface area contributed by atoms with E-state index in [1.54, 1.807) is 20.9 Å². The summed E-state index contributed by atoms with van der Waals surface area (Å²) in [6, 6.07) is 13.1. The van der Waals surface area contributed by atoms with E-state index in [-0.39, 0.29) is 17.5 Å². The highest BCUT2D eigenvalue weighted by Gasteiger charge is 2.39. The molecule has 1 atom stereocenters. The average Bonchev–Trinajstić information content (AvgIpc) is 3.30. The van der Waals surface area contributed by atoms with Gasteiger partial charge in [-0.25, -0.2) is 4.79 Å². The maximum absolute atomic E-state index is 13.3. The van der Waals surface area contributed by atoms with Gasteiger partial charge in [-0.3, -0.25) is 0 Å². The second kappa shape index (κ2) is 7.06. The van der Waals surface area contributed by atoms with Crippen molar-refractivity contribution < 1.29 is 9.67 Å². The molecule has 0 amide bonds. The van der Waals surface area contributed by atoms with Crippen LogP contribution in [-0.2, 0) is 6.54 Å². The molecule has 0 aliphatic carbocycles. The van der Waals surface area contributed by atoms with Gasteiger partial charge in [-0.2, -0.15) is 9.13 Å². The first-order valence-electron chi connectivity index (χ1n) is 8.22. The zero-order valence-corrected chi connectivity index (χ0v) is 16.4. The van der Waals surface area contributed by atoms with Crippen molar-refractivity contribution >= 4 is 33.4 Å². The second-order valence-electron chi connectivity index (χ2n) is 5.95. The van der Waals surface area contributed by atoms with E-state index < -0.39 is 0 Å². The van der Waals surface area contributed by atoms with Crippen LogP contribution in [0.4, 0.5) is 0 Å². The third-order valence-electron chi connectivity index (χ3n) is 4.53. The molecule has 2 aromatic heterocycles. The lowest BCUT2D eigenvalue weighted by molar-refractivity contribution is -0.740. The van der Waals surface area contributed by atoms with Crippen molar-refractivity contribution in [3.63, 3.8) is 0 Å². The maximum atomic E-state index is 13.3. The number of rotatable bonds is 4. The third kappa shape index (κ3) is 2.74. The van der Waals surface area contributed by atoms with E-state index in [0.717, 1.165) is 32.6 Å². The average molecular weight is 407 g/mol. The molecule has 134 valence electrons. The number of aromatic nitrogens is 3. The first-order chi connectivity index (χ1) is 12.7. The summed E-state index contributed by atoms with van der Waals surface area (Å²) in [5, 5.41) is 12.4. The highest BCUT2D eigenvalue weighted by atomic mass is 35.7. The first-order valence-corrected chi connectivity index (χ1v) is 10.9. The summed E-state index contributed by atoms with van der Waals surface area (Å²) in [5.41, 5.74) is 1.81. The molecule has 3 heterocycles. The Balaban J connectivity index is 1.96. The Morgan fingerprint density at radius 2 is 2.12 bits per heavy atom. The lowest BCUT2D eigenvalue weighted by atomic mass is 10.1. The summed E-state index contributed by atoms with van der Waals surface area (Å²) < 4.78 is 3.58. The molecule has 1 aromatic carbocycles. The van der Waals surface area contributed by atoms with Crippen molar-refractivity contribution in [1.29, 1.82) is 0 Å². The van der Waals surface area contributed by atoms with E-state index in [2.05, 4.69) is 4.98 Å². The van der Waals surface area contributed by atoms with Crippen molar-refractivity contribution in [1.82, 2.24) is 9.55 Å². The summed E-state index contributed by atoms with van der Waals surface area (Å²) in [5.74, 6) is 0.742. The lowest BCUT2D eigenvalue weighted by Gasteiger charge is -2.12. The van der Waals surface area contributed by atoms with Gasteiger partial charge in [0, 0.05) is 0 Å². The van der Waals surface area contributed by atoms with Gasteiger partial charge >= 0.3 is 10.7 Å². The summed E-state index contributed by atoms with van der Waals surface area (Å²) in [4.78, 5) is 16.6. The van der Waals surface area contributed by atoms with E-state index in [1.807, 2.05) is 49.4 Å². The van der Waals surface area contributed by atoms with E-state index in [9.17, 15) is 9.90 Å². The summed E-state index contributed by atoms with van der Waals surface area (Å²) in [6.45, 7) is 2.54. The maximum Gasteiger partial charge on any atom is 0.350 e. The molecule has 0 spiro atoms. The van der Waals surface area contributed by atoms with Crippen LogP contribution in [0.1, 0.15) is 18.7 Å². The van der Waals surface area contributed by atoms with Gasteiger partial charge in [-0.1, -0.05) is 30.3 Å². The number of aromatic hydroxyl groups is 1. The minimum atomic E-state index is -0.182. The molecule has 0 bridgehead atoms. The molecular weight excluding hydrogens is 390 g/mol. The van der Waals surface area contributed by atoms with Crippen LogP contribution in [0.3, 0.4) is 0 Å². The van der Waals surface area contributed by atoms with Gasteiger partial charge in [-0.15, -0.1) is 0 Å². The summed E-state index contributed by atoms with van der Waals surface area (Å²) >= 11 is 1.58. The monoisotopic (exact) mass is 406 g/mol. The molecule has 0 radical (unpaired) electrons. The fourth-order valence-electron chi connectivity index (χ4n) is 3.31. The number of nitrogens with zero attached hydrogens (tertiary/aromatic N) is 2. The van der Waals surface area contributed by atoms with Crippen LogP contribution in [0.25, 0.3) is 11.1 Å². The Morgan fingerprint density at radius 3 is 2.77 bits per heavy atom. The number of halogens is 1. The quantitative estimate of drug-likeness (QED) is 0.511. The zero-order chi connectivity index (χ0) is 18.3. The molecule has 8 heteroatoms. The van der Waals surface area contributed by atoms with E-state index in [4.69, 9.17) is 10.7 Å². The van der Waals surface area contributed by atoms with Crippen molar-refractivity contribution in [2.45, 2.75) is 29.7 Å². The number of hydrogen-bond donors (Lipinski definition) is 2. The standard InChI is InChI=1S/C18H16ClN3O2S2/c1-2-21-16(23)15(11-6-4-3-5-7-11)17(24)22-13(10-25-18(21)22)12-8-9-14(20-12)26-19/h3-9,13,20H,2,10H2,1H3/p+1/t13-/m0/s1. The van der Waals surface area contributed by atoms with Crippen LogP contribution in [-0.4, -0.2) is 20.4 Å². The van der Waals surface area contributed by atoms with Crippen LogP contribution in [0.2, 0.25) is 0 Å². The Bertz CT molecular complexity index is 1020. The van der Waals surface area contributed by atoms with Gasteiger partial charge in [0.2, 0.25) is 0 Å². The third-order valence-corrected chi connectivity index (χ3v) is 6.59. The van der Waals surface area contributed by atoms with Crippen LogP contribution >= 0.6 is 33.4 Å². The van der Waals surface area contributed by atoms with Gasteiger partial charge in [-0.05, 0) is 58.0 Å². The highest BCUT2D eigenvalue weighted by Crippen LogP contribution is 2.37. The topological polar surface area (TPSA) is 61.9 Å². The normalized spacial score (nSPS) is 16.0. The van der Waals surface area contributed by atoms with Gasteiger partial charge in [0.05, 0.1) is 23.0 Å². The van der Waals surface area contributed by atoms with Crippen LogP contribution in [0.15, 0.2) is 57.4 Å². The molecular formula is C18H17ClN3O2S2+. The summed E-state index contributed by atoms with van der Waals surface area (Å²) in [7, 11) is 6.95. The number of fused-ring (bicyclic) bond motifs is 1. The molecule has 0 unspecified atom stereocenters. The van der Waals surface area contributed by atoms with Gasteiger partial charge in [0.1, 0.15) is 0 Å². The SMILES string of the molecule is CC[n+]1c(O)c(-c2ccccc2)c(=O)n2c1SC[C@H]2c1ccc(SCl)[nH]1. The summed E-state index contributed by atoms with van der Waals surface area (Å²) in [6.07, 6.45) is 0. The molecule has 26 heavy (non-hydrogen) atoms. The van der Waals surface area contributed by atoms with Crippen molar-refractivity contribution in [2.24, 2.45) is 0 Å². The Kier molecular flexibility index (Phi) is 4.77. The van der Waals surface area contributed by atoms with Gasteiger partial charge < -0.3 is 10.1 Å². The number of thioether (sulfide) groups is 1. The fraction of sp³-hybridized carbons (Fsp3) is 0.222. The molecule has 3 aromatic rings. The molecule has 5 nitrogen and oxygen atoms in total.